The quantitative estimate of drug-likeness (QED) is 0.407. The summed E-state index contributed by atoms with van der Waals surface area (Å²) in [7, 11) is 6.25. The number of ether oxygens (including phenoxy) is 4. The fraction of sp³-hybridized carbons (Fsp3) is 0.154. The maximum absolute atomic E-state index is 13.5. The van der Waals surface area contributed by atoms with E-state index in [2.05, 4.69) is 5.32 Å². The van der Waals surface area contributed by atoms with Crippen molar-refractivity contribution in [2.24, 2.45) is 0 Å². The molecule has 8 heteroatoms. The molecule has 4 rings (SSSR count). The maximum atomic E-state index is 13.5. The van der Waals surface area contributed by atoms with Gasteiger partial charge in [-0.25, -0.2) is 4.68 Å². The molecule has 1 heterocycles. The number of carbonyl (C=O) groups is 1. The van der Waals surface area contributed by atoms with Crippen molar-refractivity contribution in [2.75, 3.05) is 33.8 Å². The third kappa shape index (κ3) is 4.52. The topological polar surface area (TPSA) is 83.8 Å². The number of rotatable bonds is 8. The molecule has 0 saturated carbocycles. The van der Waals surface area contributed by atoms with E-state index < -0.39 is 0 Å². The molecule has 0 radical (unpaired) electrons. The number of anilines is 1. The number of nitrogens with one attached hydrogen (secondary N) is 1. The third-order valence-corrected chi connectivity index (χ3v) is 5.30. The first-order chi connectivity index (χ1) is 16.6. The molecule has 0 aliphatic carbocycles. The van der Waals surface area contributed by atoms with E-state index in [4.69, 9.17) is 24.0 Å². The normalized spacial score (nSPS) is 10.5. The molecule has 1 amide bonds. The highest BCUT2D eigenvalue weighted by atomic mass is 16.5. The van der Waals surface area contributed by atoms with Crippen LogP contribution in [0.4, 0.5) is 5.69 Å². The smallest absolute Gasteiger partial charge is 0.259 e. The molecule has 1 aromatic heterocycles. The van der Waals surface area contributed by atoms with Crippen LogP contribution in [0, 0.1) is 0 Å². The molecule has 0 aliphatic heterocycles. The van der Waals surface area contributed by atoms with Crippen molar-refractivity contribution in [2.45, 2.75) is 0 Å². The SMILES string of the molecule is COc1ccc(OC)c(NC(=O)c2cn(-c3ccccc3)nc2-c2cc(OC)ccc2OC)c1. The largest absolute Gasteiger partial charge is 0.497 e. The van der Waals surface area contributed by atoms with Gasteiger partial charge in [-0.3, -0.25) is 4.79 Å². The Balaban J connectivity index is 1.84. The lowest BCUT2D eigenvalue weighted by Gasteiger charge is -2.13. The van der Waals surface area contributed by atoms with Gasteiger partial charge in [0.2, 0.25) is 0 Å². The molecule has 8 nitrogen and oxygen atoms in total. The lowest BCUT2D eigenvalue weighted by atomic mass is 10.1. The first-order valence-corrected chi connectivity index (χ1v) is 10.5. The van der Waals surface area contributed by atoms with Crippen LogP contribution in [0.25, 0.3) is 16.9 Å². The molecule has 0 saturated heterocycles. The summed E-state index contributed by atoms with van der Waals surface area (Å²) in [6.45, 7) is 0. The molecule has 34 heavy (non-hydrogen) atoms. The van der Waals surface area contributed by atoms with Gasteiger partial charge in [0.15, 0.2) is 0 Å². The van der Waals surface area contributed by atoms with Crippen LogP contribution in [0.1, 0.15) is 10.4 Å². The predicted octanol–water partition coefficient (Wildman–Crippen LogP) is 4.83. The zero-order valence-electron chi connectivity index (χ0n) is 19.4. The summed E-state index contributed by atoms with van der Waals surface area (Å²) in [5, 5.41) is 7.66. The van der Waals surface area contributed by atoms with Crippen LogP contribution in [0.3, 0.4) is 0 Å². The van der Waals surface area contributed by atoms with E-state index in [0.717, 1.165) is 5.69 Å². The molecule has 0 fully saturated rings. The fourth-order valence-electron chi connectivity index (χ4n) is 3.55. The van der Waals surface area contributed by atoms with Gasteiger partial charge in [-0.05, 0) is 42.5 Å². The van der Waals surface area contributed by atoms with Crippen LogP contribution in [0.15, 0.2) is 72.9 Å². The number of nitrogens with zero attached hydrogens (tertiary/aromatic N) is 2. The molecule has 174 valence electrons. The van der Waals surface area contributed by atoms with Gasteiger partial charge in [-0.2, -0.15) is 5.10 Å². The van der Waals surface area contributed by atoms with E-state index in [1.807, 2.05) is 30.3 Å². The average Bonchev–Trinajstić information content (AvgIpc) is 3.34. The zero-order chi connectivity index (χ0) is 24.1. The van der Waals surface area contributed by atoms with Gasteiger partial charge in [0.05, 0.1) is 45.4 Å². The minimum absolute atomic E-state index is 0.347. The van der Waals surface area contributed by atoms with Gasteiger partial charge in [-0.15, -0.1) is 0 Å². The Morgan fingerprint density at radius 3 is 2.09 bits per heavy atom. The number of hydrogen-bond donors (Lipinski definition) is 1. The molecule has 0 atom stereocenters. The molecule has 0 bridgehead atoms. The number of benzene rings is 3. The van der Waals surface area contributed by atoms with Gasteiger partial charge in [-0.1, -0.05) is 18.2 Å². The summed E-state index contributed by atoms with van der Waals surface area (Å²) >= 11 is 0. The Bertz CT molecular complexity index is 1300. The molecular formula is C26H25N3O5. The van der Waals surface area contributed by atoms with Crippen molar-refractivity contribution in [3.8, 4) is 39.9 Å². The van der Waals surface area contributed by atoms with Crippen molar-refractivity contribution in [3.05, 3.63) is 78.5 Å². The molecule has 0 spiro atoms. The summed E-state index contributed by atoms with van der Waals surface area (Å²) in [6.07, 6.45) is 1.69. The van der Waals surface area contributed by atoms with E-state index >= 15 is 0 Å². The second kappa shape index (κ2) is 9.99. The summed E-state index contributed by atoms with van der Waals surface area (Å²) in [4.78, 5) is 13.5. The van der Waals surface area contributed by atoms with Crippen LogP contribution in [-0.4, -0.2) is 44.1 Å². The lowest BCUT2D eigenvalue weighted by molar-refractivity contribution is 0.102. The van der Waals surface area contributed by atoms with Crippen molar-refractivity contribution in [1.29, 1.82) is 0 Å². The number of hydrogen-bond acceptors (Lipinski definition) is 6. The second-order valence-corrected chi connectivity index (χ2v) is 7.26. The standard InChI is InChI=1S/C26H25N3O5/c1-31-18-10-12-23(33-3)20(14-18)25-21(16-29(28-25)17-8-6-5-7-9-17)26(30)27-22-15-19(32-2)11-13-24(22)34-4/h5-16H,1-4H3,(H,27,30). The number of aromatic nitrogens is 2. The van der Waals surface area contributed by atoms with Crippen LogP contribution >= 0.6 is 0 Å². The van der Waals surface area contributed by atoms with Crippen LogP contribution < -0.4 is 24.3 Å². The summed E-state index contributed by atoms with van der Waals surface area (Å²) < 4.78 is 23.3. The van der Waals surface area contributed by atoms with Gasteiger partial charge >= 0.3 is 0 Å². The minimum atomic E-state index is -0.367. The Labute approximate surface area is 197 Å². The zero-order valence-corrected chi connectivity index (χ0v) is 19.4. The van der Waals surface area contributed by atoms with Crippen molar-refractivity contribution in [3.63, 3.8) is 0 Å². The monoisotopic (exact) mass is 459 g/mol. The van der Waals surface area contributed by atoms with E-state index in [1.54, 1.807) is 68.6 Å². The number of methoxy groups -OCH3 is 4. The first kappa shape index (κ1) is 22.7. The van der Waals surface area contributed by atoms with Crippen molar-refractivity contribution < 1.29 is 23.7 Å². The molecule has 1 N–H and O–H groups in total. The van der Waals surface area contributed by atoms with Gasteiger partial charge in [0, 0.05) is 17.8 Å². The van der Waals surface area contributed by atoms with E-state index in [9.17, 15) is 4.79 Å². The number of para-hydroxylation sites is 1. The van der Waals surface area contributed by atoms with Gasteiger partial charge in [0.1, 0.15) is 28.7 Å². The Morgan fingerprint density at radius 2 is 1.44 bits per heavy atom. The van der Waals surface area contributed by atoms with Gasteiger partial charge < -0.3 is 24.3 Å². The Morgan fingerprint density at radius 1 is 0.794 bits per heavy atom. The lowest BCUT2D eigenvalue weighted by Crippen LogP contribution is -2.13. The highest BCUT2D eigenvalue weighted by Crippen LogP contribution is 2.36. The Hall–Kier alpha value is -4.46. The molecular weight excluding hydrogens is 434 g/mol. The van der Waals surface area contributed by atoms with E-state index in [0.29, 0.717) is 45.5 Å². The first-order valence-electron chi connectivity index (χ1n) is 10.5. The molecule has 0 unspecified atom stereocenters. The maximum Gasteiger partial charge on any atom is 0.259 e. The average molecular weight is 460 g/mol. The summed E-state index contributed by atoms with van der Waals surface area (Å²) in [5.41, 5.74) is 2.70. The molecule has 0 aliphatic rings. The van der Waals surface area contributed by atoms with Crippen LogP contribution in [0.5, 0.6) is 23.0 Å². The summed E-state index contributed by atoms with van der Waals surface area (Å²) in [5.74, 6) is 1.91. The fourth-order valence-corrected chi connectivity index (χ4v) is 3.55. The van der Waals surface area contributed by atoms with E-state index in [-0.39, 0.29) is 5.91 Å². The molecule has 3 aromatic carbocycles. The number of carbonyl (C=O) groups excluding carboxylic acids is 1. The van der Waals surface area contributed by atoms with Crippen molar-refractivity contribution >= 4 is 11.6 Å². The third-order valence-electron chi connectivity index (χ3n) is 5.30. The predicted molar refractivity (Wildman–Crippen MR) is 130 cm³/mol. The van der Waals surface area contributed by atoms with Crippen molar-refractivity contribution in [1.82, 2.24) is 9.78 Å². The number of amides is 1. The second-order valence-electron chi connectivity index (χ2n) is 7.26. The highest BCUT2D eigenvalue weighted by Gasteiger charge is 2.23. The van der Waals surface area contributed by atoms with Crippen LogP contribution in [-0.2, 0) is 0 Å². The summed E-state index contributed by atoms with van der Waals surface area (Å²) in [6, 6.07) is 20.1. The highest BCUT2D eigenvalue weighted by molar-refractivity contribution is 6.09. The van der Waals surface area contributed by atoms with E-state index in [1.165, 1.54) is 7.11 Å². The van der Waals surface area contributed by atoms with Crippen LogP contribution in [0.2, 0.25) is 0 Å². The van der Waals surface area contributed by atoms with Gasteiger partial charge in [0.25, 0.3) is 5.91 Å². The minimum Gasteiger partial charge on any atom is -0.497 e. The molecule has 4 aromatic rings. The Kier molecular flexibility index (Phi) is 6.68.